The van der Waals surface area contributed by atoms with Crippen molar-refractivity contribution in [3.05, 3.63) is 0 Å². The zero-order valence-electron chi connectivity index (χ0n) is 38.5. The van der Waals surface area contributed by atoms with Crippen LogP contribution in [-0.2, 0) is 33.2 Å². The molecule has 0 bridgehead atoms. The third-order valence-electron chi connectivity index (χ3n) is 11.6. The quantitative estimate of drug-likeness (QED) is 0.238. The molecule has 18 atom stereocenters. The number of likely N-dealkylation sites (N-methyl/N-ethyl adjacent to an activating group) is 2. The lowest BCUT2D eigenvalue weighted by molar-refractivity contribution is -0.318. The number of carbonyl (C=O) groups is 1. The molecule has 3 fully saturated rings. The van der Waals surface area contributed by atoms with E-state index in [4.69, 9.17) is 32.5 Å². The topological polar surface area (TPSA) is 180 Å². The molecule has 3 aliphatic heterocycles. The molecule has 5 N–H and O–H groups in total. The van der Waals surface area contributed by atoms with Gasteiger partial charge in [0.2, 0.25) is 0 Å². The van der Waals surface area contributed by atoms with E-state index in [2.05, 4.69) is 0 Å². The maximum absolute atomic E-state index is 14.3. The van der Waals surface area contributed by atoms with Crippen LogP contribution in [0.25, 0.3) is 0 Å². The second-order valence-corrected chi connectivity index (χ2v) is 16.5. The number of esters is 1. The van der Waals surface area contributed by atoms with E-state index in [1.807, 2.05) is 11.8 Å². The van der Waals surface area contributed by atoms with Crippen molar-refractivity contribution in [3.63, 3.8) is 0 Å². The van der Waals surface area contributed by atoms with Gasteiger partial charge < -0.3 is 63.8 Å². The van der Waals surface area contributed by atoms with Crippen LogP contribution in [0.5, 0.6) is 0 Å². The first-order chi connectivity index (χ1) is 25.9. The Bertz CT molecular complexity index is 1330. The fourth-order valence-corrected chi connectivity index (χ4v) is 8.23. The van der Waals surface area contributed by atoms with Gasteiger partial charge in [-0.15, -0.1) is 0 Å². The van der Waals surface area contributed by atoms with Gasteiger partial charge in [0.15, 0.2) is 12.6 Å². The number of ether oxygens (including phenoxy) is 6. The Morgan fingerprint density at radius 1 is 1.00 bits per heavy atom. The van der Waals surface area contributed by atoms with Crippen LogP contribution in [0.3, 0.4) is 0 Å². The highest BCUT2D eigenvalue weighted by molar-refractivity contribution is 5.73. The van der Waals surface area contributed by atoms with Crippen LogP contribution in [0, 0.1) is 17.8 Å². The molecule has 3 heterocycles. The van der Waals surface area contributed by atoms with E-state index in [9.17, 15) is 33.1 Å². The molecule has 0 radical (unpaired) electrons. The van der Waals surface area contributed by atoms with Gasteiger partial charge in [-0.05, 0) is 94.7 Å². The van der Waals surface area contributed by atoms with Crippen molar-refractivity contribution in [1.29, 1.82) is 0 Å². The van der Waals surface area contributed by atoms with Crippen LogP contribution in [0.1, 0.15) is 102 Å². The molecular formula is C38H72N2O12. The van der Waals surface area contributed by atoms with Gasteiger partial charge in [0, 0.05) is 44.9 Å². The summed E-state index contributed by atoms with van der Waals surface area (Å²) in [7, 11) is 5.05. The van der Waals surface area contributed by atoms with Gasteiger partial charge in [-0.2, -0.15) is 0 Å². The molecule has 306 valence electrons. The molecule has 14 heteroatoms. The molecule has 3 rings (SSSR count). The highest BCUT2D eigenvalue weighted by atomic mass is 16.7. The lowest BCUT2D eigenvalue weighted by Gasteiger charge is -2.48. The van der Waals surface area contributed by atoms with Crippen molar-refractivity contribution < 1.29 is 65.6 Å². The van der Waals surface area contributed by atoms with Crippen molar-refractivity contribution in [3.8, 4) is 0 Å². The molecule has 0 spiro atoms. The number of hydrogen-bond donors (Lipinski definition) is 5. The Labute approximate surface area is 319 Å². The first kappa shape index (κ1) is 37.9. The SMILES string of the molecule is [2H]C([2H])([2H])N1[C@H](C)[C@@H](O)[C@](C)(O)[C@@H](CC)OC(=O)[C@H](C)[C@@H](O[C@H]2C[C@@](C)(OC)[C@@H](O)[C@H](C)O2)[C@H](C)[C@@H](O[C@@H]2O[C@H](C)C[C@H](N(C)C)[C@H]2O)[C@](C)(O)C[C@@H](C)C1([2H])[2H]. The number of carbonyl (C=O) groups excluding carboxylic acids is 1. The molecule has 52 heavy (non-hydrogen) atoms. The predicted molar refractivity (Wildman–Crippen MR) is 194 cm³/mol. The Hall–Kier alpha value is -1.01. The molecule has 0 saturated carbocycles. The van der Waals surface area contributed by atoms with E-state index < -0.39 is 134 Å². The monoisotopic (exact) mass is 754 g/mol. The van der Waals surface area contributed by atoms with Gasteiger partial charge in [0.25, 0.3) is 0 Å². The number of aliphatic hydroxyl groups excluding tert-OH is 3. The molecule has 0 amide bonds. The summed E-state index contributed by atoms with van der Waals surface area (Å²) in [5.41, 5.74) is -5.45. The number of hydrogen-bond acceptors (Lipinski definition) is 14. The fourth-order valence-electron chi connectivity index (χ4n) is 8.23. The molecular weight excluding hydrogens is 676 g/mol. The van der Waals surface area contributed by atoms with Crippen molar-refractivity contribution in [2.75, 3.05) is 34.7 Å². The van der Waals surface area contributed by atoms with Gasteiger partial charge >= 0.3 is 5.97 Å². The molecule has 3 aliphatic rings. The average molecular weight is 754 g/mol. The van der Waals surface area contributed by atoms with Gasteiger partial charge in [-0.1, -0.05) is 20.8 Å². The van der Waals surface area contributed by atoms with Crippen LogP contribution < -0.4 is 0 Å². The fraction of sp³-hybridized carbons (Fsp3) is 0.974. The summed E-state index contributed by atoms with van der Waals surface area (Å²) in [4.78, 5) is 16.6. The molecule has 3 saturated heterocycles. The maximum Gasteiger partial charge on any atom is 0.311 e. The van der Waals surface area contributed by atoms with E-state index in [1.165, 1.54) is 41.7 Å². The smallest absolute Gasteiger partial charge is 0.311 e. The predicted octanol–water partition coefficient (Wildman–Crippen LogP) is 1.90. The molecule has 0 aliphatic carbocycles. The minimum absolute atomic E-state index is 0.0208. The highest BCUT2D eigenvalue weighted by Crippen LogP contribution is 2.40. The zero-order valence-corrected chi connectivity index (χ0v) is 33.5. The normalized spacial score (nSPS) is 52.2. The van der Waals surface area contributed by atoms with Gasteiger partial charge in [0.1, 0.15) is 30.0 Å². The molecule has 0 aromatic rings. The van der Waals surface area contributed by atoms with E-state index in [0.29, 0.717) is 11.3 Å². The van der Waals surface area contributed by atoms with Crippen molar-refractivity contribution in [1.82, 2.24) is 9.80 Å². The first-order valence-electron chi connectivity index (χ1n) is 21.2. The van der Waals surface area contributed by atoms with E-state index >= 15 is 0 Å². The standard InChI is InChI=1S/C38H72N2O12/c1-15-27-38(10,46)31(42)24(6)40(13)19-20(2)17-36(8,45)33(52-35-29(41)26(39(11)12)16-21(3)48-35)22(4)30(23(5)34(44)50-27)51-28-18-37(9,47-14)32(43)25(7)49-28/h20-33,35,41-43,45-46H,15-19H2,1-14H3/t20-,21-,22+,23-,24-,25+,26+,27-,28+,29-,30+,31-,32+,33-,35+,36-,37-,38-/m1/s1/i13D3,19D2. The summed E-state index contributed by atoms with van der Waals surface area (Å²) in [6, 6.07) is -1.98. The third kappa shape index (κ3) is 10.0. The van der Waals surface area contributed by atoms with E-state index in [-0.39, 0.29) is 12.8 Å². The van der Waals surface area contributed by atoms with Crippen LogP contribution in [0.4, 0.5) is 0 Å². The van der Waals surface area contributed by atoms with Crippen LogP contribution in [0.15, 0.2) is 0 Å². The summed E-state index contributed by atoms with van der Waals surface area (Å²) in [5, 5.41) is 58.7. The number of aliphatic hydroxyl groups is 5. The highest BCUT2D eigenvalue weighted by Gasteiger charge is 2.52. The van der Waals surface area contributed by atoms with Crippen molar-refractivity contribution in [2.45, 2.75) is 185 Å². The summed E-state index contributed by atoms with van der Waals surface area (Å²) in [6.45, 7) is 9.32. The maximum atomic E-state index is 14.3. The van der Waals surface area contributed by atoms with Gasteiger partial charge in [0.05, 0.1) is 41.5 Å². The lowest BCUT2D eigenvalue weighted by Crippen LogP contribution is -2.60. The van der Waals surface area contributed by atoms with Crippen LogP contribution >= 0.6 is 0 Å². The Morgan fingerprint density at radius 2 is 1.63 bits per heavy atom. The number of nitrogens with zero attached hydrogens (tertiary/aromatic N) is 2. The molecule has 14 nitrogen and oxygen atoms in total. The van der Waals surface area contributed by atoms with Gasteiger partial charge in [-0.3, -0.25) is 4.79 Å². The second-order valence-electron chi connectivity index (χ2n) is 16.5. The zero-order chi connectivity index (χ0) is 44.0. The van der Waals surface area contributed by atoms with Crippen molar-refractivity contribution in [2.24, 2.45) is 17.8 Å². The Kier molecular flexibility index (Phi) is 13.0. The number of cyclic esters (lactones) is 1. The minimum Gasteiger partial charge on any atom is -0.459 e. The van der Waals surface area contributed by atoms with Crippen molar-refractivity contribution >= 4 is 5.97 Å². The summed E-state index contributed by atoms with van der Waals surface area (Å²) in [6.07, 6.45) is -11.8. The molecule has 0 aromatic heterocycles. The van der Waals surface area contributed by atoms with Crippen LogP contribution in [0.2, 0.25) is 0 Å². The molecule has 0 aromatic carbocycles. The van der Waals surface area contributed by atoms with Gasteiger partial charge in [-0.25, -0.2) is 0 Å². The van der Waals surface area contributed by atoms with E-state index in [1.54, 1.807) is 41.8 Å². The Balaban J connectivity index is 2.31. The summed E-state index contributed by atoms with van der Waals surface area (Å²) < 4.78 is 80.8. The average Bonchev–Trinajstić information content (AvgIpc) is 3.09. The largest absolute Gasteiger partial charge is 0.459 e. The van der Waals surface area contributed by atoms with Crippen LogP contribution in [-0.4, -0.2) is 166 Å². The number of rotatable bonds is 7. The minimum atomic E-state index is -3.15. The lowest BCUT2D eigenvalue weighted by atomic mass is 9.77. The summed E-state index contributed by atoms with van der Waals surface area (Å²) >= 11 is 0. The van der Waals surface area contributed by atoms with E-state index in [0.717, 1.165) is 0 Å². The Morgan fingerprint density at radius 3 is 2.19 bits per heavy atom. The third-order valence-corrected chi connectivity index (χ3v) is 11.6. The number of methoxy groups -OCH3 is 1. The molecule has 0 unspecified atom stereocenters. The summed E-state index contributed by atoms with van der Waals surface area (Å²) in [5.74, 6) is -4.37. The second kappa shape index (κ2) is 17.8. The first-order valence-corrected chi connectivity index (χ1v) is 18.7.